The van der Waals surface area contributed by atoms with E-state index in [0.29, 0.717) is 12.5 Å². The van der Waals surface area contributed by atoms with Crippen LogP contribution in [-0.4, -0.2) is 55.7 Å². The van der Waals surface area contributed by atoms with Gasteiger partial charge in [0.2, 0.25) is 0 Å². The van der Waals surface area contributed by atoms with E-state index in [-0.39, 0.29) is 6.09 Å². The summed E-state index contributed by atoms with van der Waals surface area (Å²) in [5.41, 5.74) is 0. The molecular weight excluding hydrogens is 264 g/mol. The molecule has 21 heavy (non-hydrogen) atoms. The highest BCUT2D eigenvalue weighted by Crippen LogP contribution is 2.29. The number of carbonyl (C=O) groups is 1. The van der Waals surface area contributed by atoms with Crippen molar-refractivity contribution < 1.29 is 9.53 Å². The van der Waals surface area contributed by atoms with Gasteiger partial charge in [0, 0.05) is 13.1 Å². The second-order valence-corrected chi connectivity index (χ2v) is 7.38. The molecule has 0 aromatic heterocycles. The Morgan fingerprint density at radius 1 is 1.05 bits per heavy atom. The monoisotopic (exact) mass is 296 g/mol. The predicted molar refractivity (Wildman–Crippen MR) is 85.3 cm³/mol. The van der Waals surface area contributed by atoms with Crippen molar-refractivity contribution in [3.05, 3.63) is 0 Å². The first-order valence-corrected chi connectivity index (χ1v) is 8.65. The van der Waals surface area contributed by atoms with Crippen LogP contribution in [0.15, 0.2) is 0 Å². The first-order chi connectivity index (χ1) is 10.0. The minimum atomic E-state index is -0.110. The van der Waals surface area contributed by atoms with Gasteiger partial charge in [-0.2, -0.15) is 0 Å². The van der Waals surface area contributed by atoms with Crippen molar-refractivity contribution in [2.45, 2.75) is 46.0 Å². The number of ether oxygens (including phenoxy) is 1. The Balaban J connectivity index is 1.65. The Morgan fingerprint density at radius 3 is 2.10 bits per heavy atom. The van der Waals surface area contributed by atoms with Crippen LogP contribution in [0.1, 0.15) is 46.0 Å². The van der Waals surface area contributed by atoms with Gasteiger partial charge in [-0.1, -0.05) is 13.8 Å². The molecule has 1 amide bonds. The molecule has 0 unspecified atom stereocenters. The van der Waals surface area contributed by atoms with Crippen LogP contribution in [0.2, 0.25) is 0 Å². The second-order valence-electron chi connectivity index (χ2n) is 7.38. The number of amides is 1. The topological polar surface area (TPSA) is 32.8 Å². The van der Waals surface area contributed by atoms with Gasteiger partial charge in [0.25, 0.3) is 0 Å². The summed E-state index contributed by atoms with van der Waals surface area (Å²) in [5.74, 6) is 2.13. The first-order valence-electron chi connectivity index (χ1n) is 8.65. The standard InChI is InChI=1S/C17H32N2O2/c1-14(2)13-21-17(20)19-10-6-16(7-11-19)12-15-4-8-18(3)9-5-15/h14-16H,4-13H2,1-3H3. The number of likely N-dealkylation sites (tertiary alicyclic amines) is 2. The minimum absolute atomic E-state index is 0.110. The lowest BCUT2D eigenvalue weighted by Crippen LogP contribution is -2.40. The third kappa shape index (κ3) is 5.50. The summed E-state index contributed by atoms with van der Waals surface area (Å²) in [6.45, 7) is 8.95. The molecule has 2 aliphatic heterocycles. The average Bonchev–Trinajstić information content (AvgIpc) is 2.48. The molecule has 4 heteroatoms. The highest BCUT2D eigenvalue weighted by molar-refractivity contribution is 5.67. The van der Waals surface area contributed by atoms with Gasteiger partial charge in [-0.25, -0.2) is 4.79 Å². The fraction of sp³-hybridized carbons (Fsp3) is 0.941. The first kappa shape index (κ1) is 16.6. The van der Waals surface area contributed by atoms with Crippen molar-refractivity contribution in [3.8, 4) is 0 Å². The Hall–Kier alpha value is -0.770. The summed E-state index contributed by atoms with van der Waals surface area (Å²) < 4.78 is 5.32. The smallest absolute Gasteiger partial charge is 0.409 e. The predicted octanol–water partition coefficient (Wildman–Crippen LogP) is 3.22. The summed E-state index contributed by atoms with van der Waals surface area (Å²) in [6.07, 6.45) is 6.27. The Bertz CT molecular complexity index is 317. The molecule has 2 fully saturated rings. The number of rotatable bonds is 4. The Kier molecular flexibility index (Phi) is 6.34. The van der Waals surface area contributed by atoms with Crippen molar-refractivity contribution in [3.63, 3.8) is 0 Å². The zero-order valence-electron chi connectivity index (χ0n) is 14.0. The Morgan fingerprint density at radius 2 is 1.57 bits per heavy atom. The summed E-state index contributed by atoms with van der Waals surface area (Å²) in [7, 11) is 2.22. The molecule has 2 heterocycles. The molecule has 0 atom stereocenters. The van der Waals surface area contributed by atoms with Crippen LogP contribution < -0.4 is 0 Å². The average molecular weight is 296 g/mol. The Labute approximate surface area is 129 Å². The van der Waals surface area contributed by atoms with E-state index >= 15 is 0 Å². The maximum Gasteiger partial charge on any atom is 0.409 e. The van der Waals surface area contributed by atoms with E-state index in [0.717, 1.165) is 37.8 Å². The van der Waals surface area contributed by atoms with Gasteiger partial charge in [0.05, 0.1) is 6.61 Å². The number of nitrogens with zero attached hydrogens (tertiary/aromatic N) is 2. The molecule has 0 spiro atoms. The van der Waals surface area contributed by atoms with Crippen LogP contribution in [0, 0.1) is 17.8 Å². The molecule has 0 aromatic rings. The largest absolute Gasteiger partial charge is 0.449 e. The van der Waals surface area contributed by atoms with Crippen LogP contribution >= 0.6 is 0 Å². The molecule has 2 saturated heterocycles. The van der Waals surface area contributed by atoms with Crippen molar-refractivity contribution in [1.82, 2.24) is 9.80 Å². The van der Waals surface area contributed by atoms with E-state index in [2.05, 4.69) is 25.8 Å². The van der Waals surface area contributed by atoms with Gasteiger partial charge in [-0.15, -0.1) is 0 Å². The molecule has 0 bridgehead atoms. The van der Waals surface area contributed by atoms with Gasteiger partial charge >= 0.3 is 6.09 Å². The van der Waals surface area contributed by atoms with Crippen LogP contribution in [0.4, 0.5) is 4.79 Å². The van der Waals surface area contributed by atoms with Crippen LogP contribution in [0.25, 0.3) is 0 Å². The van der Waals surface area contributed by atoms with Crippen LogP contribution in [0.3, 0.4) is 0 Å². The summed E-state index contributed by atoms with van der Waals surface area (Å²) >= 11 is 0. The van der Waals surface area contributed by atoms with E-state index in [1.54, 1.807) is 0 Å². The van der Waals surface area contributed by atoms with E-state index in [9.17, 15) is 4.79 Å². The molecule has 0 aromatic carbocycles. The molecule has 0 radical (unpaired) electrons. The second kappa shape index (κ2) is 8.02. The number of hydrogen-bond acceptors (Lipinski definition) is 3. The van der Waals surface area contributed by atoms with Gasteiger partial charge in [0.15, 0.2) is 0 Å². The lowest BCUT2D eigenvalue weighted by molar-refractivity contribution is 0.0749. The molecule has 4 nitrogen and oxygen atoms in total. The maximum absolute atomic E-state index is 11.9. The third-order valence-corrected chi connectivity index (χ3v) is 4.92. The van der Waals surface area contributed by atoms with Crippen LogP contribution in [-0.2, 0) is 4.74 Å². The molecule has 2 rings (SSSR count). The molecule has 2 aliphatic rings. The third-order valence-electron chi connectivity index (χ3n) is 4.92. The fourth-order valence-corrected chi connectivity index (χ4v) is 3.45. The summed E-state index contributed by atoms with van der Waals surface area (Å²) in [5, 5.41) is 0. The van der Waals surface area contributed by atoms with Crippen molar-refractivity contribution in [2.24, 2.45) is 17.8 Å². The van der Waals surface area contributed by atoms with Crippen molar-refractivity contribution >= 4 is 6.09 Å². The van der Waals surface area contributed by atoms with Crippen LogP contribution in [0.5, 0.6) is 0 Å². The van der Waals surface area contributed by atoms with E-state index in [1.165, 1.54) is 32.4 Å². The van der Waals surface area contributed by atoms with Gasteiger partial charge in [-0.05, 0) is 70.0 Å². The molecular formula is C17H32N2O2. The molecule has 0 N–H and O–H groups in total. The van der Waals surface area contributed by atoms with E-state index in [1.807, 2.05) is 4.90 Å². The summed E-state index contributed by atoms with van der Waals surface area (Å²) in [4.78, 5) is 16.3. The highest BCUT2D eigenvalue weighted by Gasteiger charge is 2.27. The maximum atomic E-state index is 11.9. The number of hydrogen-bond donors (Lipinski definition) is 0. The number of carbonyl (C=O) groups excluding carboxylic acids is 1. The van der Waals surface area contributed by atoms with Gasteiger partial charge < -0.3 is 14.5 Å². The quantitative estimate of drug-likeness (QED) is 0.798. The van der Waals surface area contributed by atoms with E-state index < -0.39 is 0 Å². The van der Waals surface area contributed by atoms with Gasteiger partial charge in [0.1, 0.15) is 0 Å². The normalized spacial score (nSPS) is 22.8. The lowest BCUT2D eigenvalue weighted by atomic mass is 9.83. The minimum Gasteiger partial charge on any atom is -0.449 e. The van der Waals surface area contributed by atoms with Crippen molar-refractivity contribution in [1.29, 1.82) is 0 Å². The molecule has 0 saturated carbocycles. The highest BCUT2D eigenvalue weighted by atomic mass is 16.6. The zero-order chi connectivity index (χ0) is 15.2. The molecule has 0 aliphatic carbocycles. The van der Waals surface area contributed by atoms with Gasteiger partial charge in [-0.3, -0.25) is 0 Å². The molecule has 122 valence electrons. The SMILES string of the molecule is CC(C)COC(=O)N1CCC(CC2CCN(C)CC2)CC1. The van der Waals surface area contributed by atoms with E-state index in [4.69, 9.17) is 4.74 Å². The zero-order valence-corrected chi connectivity index (χ0v) is 14.0. The summed E-state index contributed by atoms with van der Waals surface area (Å²) in [6, 6.07) is 0. The fourth-order valence-electron chi connectivity index (χ4n) is 3.45. The number of piperidine rings is 2. The van der Waals surface area contributed by atoms with Crippen molar-refractivity contribution in [2.75, 3.05) is 39.8 Å². The lowest BCUT2D eigenvalue weighted by Gasteiger charge is -2.35.